The monoisotopic (exact) mass is 242 g/mol. The predicted octanol–water partition coefficient (Wildman–Crippen LogP) is 1.63. The number of hydrogen-bond acceptors (Lipinski definition) is 4. The Morgan fingerprint density at radius 2 is 2.17 bits per heavy atom. The molecule has 2 fully saturated rings. The molecule has 2 saturated heterocycles. The number of rotatable bonds is 1. The summed E-state index contributed by atoms with van der Waals surface area (Å²) in [4.78, 5) is 9.13. The SMILES string of the molecule is N#Cc1ccncc1N1CCCN2CCCC2C1. The average Bonchev–Trinajstić information content (AvgIpc) is 2.76. The second-order valence-corrected chi connectivity index (χ2v) is 5.14. The topological polar surface area (TPSA) is 43.2 Å². The van der Waals surface area contributed by atoms with Crippen LogP contribution < -0.4 is 4.90 Å². The molecule has 1 aromatic heterocycles. The van der Waals surface area contributed by atoms with E-state index in [9.17, 15) is 5.26 Å². The predicted molar refractivity (Wildman–Crippen MR) is 70.4 cm³/mol. The number of anilines is 1. The Labute approximate surface area is 108 Å². The van der Waals surface area contributed by atoms with Gasteiger partial charge in [0.2, 0.25) is 0 Å². The van der Waals surface area contributed by atoms with Gasteiger partial charge in [-0.2, -0.15) is 5.26 Å². The van der Waals surface area contributed by atoms with E-state index in [1.54, 1.807) is 6.20 Å². The van der Waals surface area contributed by atoms with E-state index in [4.69, 9.17) is 0 Å². The number of hydrogen-bond donors (Lipinski definition) is 0. The number of nitrogens with zero attached hydrogens (tertiary/aromatic N) is 4. The third-order valence-electron chi connectivity index (χ3n) is 4.06. The zero-order chi connectivity index (χ0) is 12.4. The maximum absolute atomic E-state index is 9.19. The lowest BCUT2D eigenvalue weighted by Crippen LogP contribution is -2.36. The molecule has 0 saturated carbocycles. The highest BCUT2D eigenvalue weighted by molar-refractivity contribution is 5.57. The number of fused-ring (bicyclic) bond motifs is 1. The van der Waals surface area contributed by atoms with Crippen LogP contribution in [0.25, 0.3) is 0 Å². The fraction of sp³-hybridized carbons (Fsp3) is 0.571. The minimum Gasteiger partial charge on any atom is -0.368 e. The molecule has 2 aliphatic heterocycles. The zero-order valence-electron chi connectivity index (χ0n) is 10.5. The van der Waals surface area contributed by atoms with E-state index in [-0.39, 0.29) is 0 Å². The molecule has 1 aromatic rings. The van der Waals surface area contributed by atoms with Crippen molar-refractivity contribution in [2.45, 2.75) is 25.3 Å². The number of aromatic nitrogens is 1. The van der Waals surface area contributed by atoms with Crippen molar-refractivity contribution in [3.05, 3.63) is 24.0 Å². The largest absolute Gasteiger partial charge is 0.368 e. The Morgan fingerprint density at radius 1 is 1.28 bits per heavy atom. The van der Waals surface area contributed by atoms with Crippen LogP contribution in [-0.2, 0) is 0 Å². The van der Waals surface area contributed by atoms with Gasteiger partial charge in [0.15, 0.2) is 0 Å². The van der Waals surface area contributed by atoms with E-state index in [1.165, 1.54) is 32.4 Å². The summed E-state index contributed by atoms with van der Waals surface area (Å²) in [5.41, 5.74) is 1.75. The minimum atomic E-state index is 0.666. The van der Waals surface area contributed by atoms with Crippen LogP contribution in [0.1, 0.15) is 24.8 Å². The van der Waals surface area contributed by atoms with Gasteiger partial charge in [-0.15, -0.1) is 0 Å². The van der Waals surface area contributed by atoms with Crippen LogP contribution in [0, 0.1) is 11.3 Å². The van der Waals surface area contributed by atoms with Crippen molar-refractivity contribution in [2.24, 2.45) is 0 Å². The van der Waals surface area contributed by atoms with Crippen LogP contribution in [0.4, 0.5) is 5.69 Å². The Kier molecular flexibility index (Phi) is 3.16. The molecule has 0 bridgehead atoms. The van der Waals surface area contributed by atoms with Gasteiger partial charge in [-0.25, -0.2) is 0 Å². The van der Waals surface area contributed by atoms with Crippen molar-refractivity contribution in [1.82, 2.24) is 9.88 Å². The Bertz CT molecular complexity index is 465. The Morgan fingerprint density at radius 3 is 3.06 bits per heavy atom. The summed E-state index contributed by atoms with van der Waals surface area (Å²) in [5.74, 6) is 0. The summed E-state index contributed by atoms with van der Waals surface area (Å²) in [6.07, 6.45) is 7.32. The zero-order valence-corrected chi connectivity index (χ0v) is 10.5. The second-order valence-electron chi connectivity index (χ2n) is 5.14. The normalized spacial score (nSPS) is 24.4. The lowest BCUT2D eigenvalue weighted by molar-refractivity contribution is 0.273. The first kappa shape index (κ1) is 11.5. The standard InChI is InChI=1S/C14H18N4/c15-9-12-4-5-16-10-14(12)18-8-2-7-17-6-1-3-13(17)11-18/h4-5,10,13H,1-3,6-8,11H2. The fourth-order valence-corrected chi connectivity index (χ4v) is 3.16. The summed E-state index contributed by atoms with van der Waals surface area (Å²) in [6.45, 7) is 4.52. The van der Waals surface area contributed by atoms with E-state index < -0.39 is 0 Å². The summed E-state index contributed by atoms with van der Waals surface area (Å²) in [5, 5.41) is 9.19. The van der Waals surface area contributed by atoms with Crippen molar-refractivity contribution in [3.8, 4) is 6.07 Å². The molecule has 2 aliphatic rings. The summed E-state index contributed by atoms with van der Waals surface area (Å²) in [6, 6.07) is 4.76. The highest BCUT2D eigenvalue weighted by atomic mass is 15.3. The molecule has 4 nitrogen and oxygen atoms in total. The van der Waals surface area contributed by atoms with Crippen LogP contribution >= 0.6 is 0 Å². The van der Waals surface area contributed by atoms with Gasteiger partial charge in [-0.05, 0) is 31.9 Å². The molecule has 3 rings (SSSR count). The molecule has 18 heavy (non-hydrogen) atoms. The fourth-order valence-electron chi connectivity index (χ4n) is 3.16. The lowest BCUT2D eigenvalue weighted by atomic mass is 10.1. The van der Waals surface area contributed by atoms with Gasteiger partial charge in [0.25, 0.3) is 0 Å². The maximum atomic E-state index is 9.19. The van der Waals surface area contributed by atoms with Gasteiger partial charge >= 0.3 is 0 Å². The third kappa shape index (κ3) is 2.06. The molecule has 1 unspecified atom stereocenters. The Balaban J connectivity index is 1.85. The van der Waals surface area contributed by atoms with Crippen molar-refractivity contribution in [2.75, 3.05) is 31.1 Å². The number of nitriles is 1. The van der Waals surface area contributed by atoms with E-state index in [1.807, 2.05) is 12.3 Å². The molecule has 4 heteroatoms. The van der Waals surface area contributed by atoms with Crippen molar-refractivity contribution in [3.63, 3.8) is 0 Å². The van der Waals surface area contributed by atoms with Crippen LogP contribution in [-0.4, -0.2) is 42.1 Å². The number of pyridine rings is 1. The van der Waals surface area contributed by atoms with Crippen molar-refractivity contribution < 1.29 is 0 Å². The van der Waals surface area contributed by atoms with Gasteiger partial charge in [0.1, 0.15) is 6.07 Å². The van der Waals surface area contributed by atoms with Crippen LogP contribution in [0.5, 0.6) is 0 Å². The molecule has 94 valence electrons. The lowest BCUT2D eigenvalue weighted by Gasteiger charge is -2.27. The highest BCUT2D eigenvalue weighted by Crippen LogP contribution is 2.26. The molecule has 0 spiro atoms. The van der Waals surface area contributed by atoms with E-state index in [2.05, 4.69) is 20.9 Å². The van der Waals surface area contributed by atoms with Crippen LogP contribution in [0.2, 0.25) is 0 Å². The van der Waals surface area contributed by atoms with Crippen molar-refractivity contribution in [1.29, 1.82) is 5.26 Å². The molecule has 0 radical (unpaired) electrons. The van der Waals surface area contributed by atoms with E-state index in [0.717, 1.165) is 24.3 Å². The van der Waals surface area contributed by atoms with Gasteiger partial charge in [0.05, 0.1) is 17.4 Å². The summed E-state index contributed by atoms with van der Waals surface area (Å²) in [7, 11) is 0. The highest BCUT2D eigenvalue weighted by Gasteiger charge is 2.29. The molecule has 0 aromatic carbocycles. The first-order valence-electron chi connectivity index (χ1n) is 6.71. The molecule has 3 heterocycles. The third-order valence-corrected chi connectivity index (χ3v) is 4.06. The smallest absolute Gasteiger partial charge is 0.101 e. The second kappa shape index (κ2) is 4.95. The molecular weight excluding hydrogens is 224 g/mol. The van der Waals surface area contributed by atoms with Gasteiger partial charge in [-0.3, -0.25) is 9.88 Å². The van der Waals surface area contributed by atoms with Crippen molar-refractivity contribution >= 4 is 5.69 Å². The summed E-state index contributed by atoms with van der Waals surface area (Å²) >= 11 is 0. The minimum absolute atomic E-state index is 0.666. The average molecular weight is 242 g/mol. The molecular formula is C14H18N4. The Hall–Kier alpha value is -1.60. The first-order chi connectivity index (χ1) is 8.88. The maximum Gasteiger partial charge on any atom is 0.101 e. The van der Waals surface area contributed by atoms with Crippen LogP contribution in [0.15, 0.2) is 18.5 Å². The van der Waals surface area contributed by atoms with E-state index in [0.29, 0.717) is 6.04 Å². The molecule has 1 atom stereocenters. The molecule has 0 N–H and O–H groups in total. The van der Waals surface area contributed by atoms with Gasteiger partial charge < -0.3 is 4.90 Å². The first-order valence-corrected chi connectivity index (χ1v) is 6.71. The molecule has 0 aliphatic carbocycles. The van der Waals surface area contributed by atoms with Gasteiger partial charge in [0, 0.05) is 31.9 Å². The van der Waals surface area contributed by atoms with Crippen LogP contribution in [0.3, 0.4) is 0 Å². The summed E-state index contributed by atoms with van der Waals surface area (Å²) < 4.78 is 0. The van der Waals surface area contributed by atoms with Gasteiger partial charge in [-0.1, -0.05) is 0 Å². The quantitative estimate of drug-likeness (QED) is 0.750. The molecule has 0 amide bonds. The van der Waals surface area contributed by atoms with E-state index >= 15 is 0 Å².